The molecule has 2 aromatic carbocycles. The van der Waals surface area contributed by atoms with Crippen molar-refractivity contribution in [2.75, 3.05) is 11.9 Å². The number of esters is 1. The molecule has 114 valence electrons. The standard InChI is InChI=1S/C17H16ClNO3/c1-3-22-17(21)14-8-7-13(10-15(14)18)19-16(20)12-6-4-5-11(2)9-12/h4-10H,3H2,1-2H3,(H,19,20). The predicted molar refractivity (Wildman–Crippen MR) is 86.5 cm³/mol. The molecule has 5 heteroatoms. The van der Waals surface area contributed by atoms with E-state index in [1.807, 2.05) is 19.1 Å². The Labute approximate surface area is 134 Å². The van der Waals surface area contributed by atoms with Crippen LogP contribution in [0.5, 0.6) is 0 Å². The summed E-state index contributed by atoms with van der Waals surface area (Å²) < 4.78 is 4.90. The molecule has 22 heavy (non-hydrogen) atoms. The van der Waals surface area contributed by atoms with Gasteiger partial charge in [-0.3, -0.25) is 4.79 Å². The molecule has 0 aliphatic heterocycles. The van der Waals surface area contributed by atoms with E-state index in [1.54, 1.807) is 25.1 Å². The number of hydrogen-bond acceptors (Lipinski definition) is 3. The number of carbonyl (C=O) groups is 2. The van der Waals surface area contributed by atoms with Crippen LogP contribution in [0.25, 0.3) is 0 Å². The lowest BCUT2D eigenvalue weighted by atomic mass is 10.1. The van der Waals surface area contributed by atoms with Crippen LogP contribution < -0.4 is 5.32 Å². The van der Waals surface area contributed by atoms with Gasteiger partial charge in [-0.05, 0) is 44.2 Å². The van der Waals surface area contributed by atoms with Crippen LogP contribution in [0.15, 0.2) is 42.5 Å². The molecule has 0 fully saturated rings. The fourth-order valence-corrected chi connectivity index (χ4v) is 2.21. The number of halogens is 1. The molecule has 0 spiro atoms. The first-order valence-corrected chi connectivity index (χ1v) is 7.23. The van der Waals surface area contributed by atoms with Gasteiger partial charge in [-0.2, -0.15) is 0 Å². The largest absolute Gasteiger partial charge is 0.462 e. The number of amides is 1. The summed E-state index contributed by atoms with van der Waals surface area (Å²) in [6, 6.07) is 11.9. The SMILES string of the molecule is CCOC(=O)c1ccc(NC(=O)c2cccc(C)c2)cc1Cl. The Balaban J connectivity index is 2.15. The molecule has 0 bridgehead atoms. The van der Waals surface area contributed by atoms with Gasteiger partial charge in [0, 0.05) is 11.3 Å². The van der Waals surface area contributed by atoms with E-state index < -0.39 is 5.97 Å². The van der Waals surface area contributed by atoms with Crippen molar-refractivity contribution < 1.29 is 14.3 Å². The molecule has 0 aliphatic carbocycles. The molecule has 0 atom stereocenters. The molecule has 0 aromatic heterocycles. The second-order valence-corrected chi connectivity index (χ2v) is 5.15. The number of carbonyl (C=O) groups excluding carboxylic acids is 2. The van der Waals surface area contributed by atoms with Gasteiger partial charge in [-0.15, -0.1) is 0 Å². The van der Waals surface area contributed by atoms with E-state index in [0.29, 0.717) is 11.3 Å². The van der Waals surface area contributed by atoms with E-state index in [2.05, 4.69) is 5.32 Å². The number of ether oxygens (including phenoxy) is 1. The minimum absolute atomic E-state index is 0.233. The highest BCUT2D eigenvalue weighted by Crippen LogP contribution is 2.22. The maximum absolute atomic E-state index is 12.2. The van der Waals surface area contributed by atoms with E-state index in [0.717, 1.165) is 5.56 Å². The maximum Gasteiger partial charge on any atom is 0.339 e. The lowest BCUT2D eigenvalue weighted by molar-refractivity contribution is 0.0526. The zero-order chi connectivity index (χ0) is 16.1. The number of benzene rings is 2. The van der Waals surface area contributed by atoms with Crippen molar-refractivity contribution in [3.63, 3.8) is 0 Å². The Kier molecular flexibility index (Phi) is 5.17. The summed E-state index contributed by atoms with van der Waals surface area (Å²) in [4.78, 5) is 23.8. The third kappa shape index (κ3) is 3.86. The predicted octanol–water partition coefficient (Wildman–Crippen LogP) is 4.08. The first-order valence-electron chi connectivity index (χ1n) is 6.86. The van der Waals surface area contributed by atoms with Crippen LogP contribution in [0.4, 0.5) is 5.69 Å². The molecule has 0 saturated heterocycles. The molecule has 1 amide bonds. The van der Waals surface area contributed by atoms with Crippen LogP contribution in [-0.4, -0.2) is 18.5 Å². The molecule has 2 rings (SSSR count). The van der Waals surface area contributed by atoms with E-state index in [4.69, 9.17) is 16.3 Å². The molecule has 0 saturated carbocycles. The van der Waals surface area contributed by atoms with Gasteiger partial charge in [0.15, 0.2) is 0 Å². The van der Waals surface area contributed by atoms with Crippen LogP contribution in [0.1, 0.15) is 33.2 Å². The molecular weight excluding hydrogens is 302 g/mol. The summed E-state index contributed by atoms with van der Waals surface area (Å²) in [5.74, 6) is -0.715. The summed E-state index contributed by atoms with van der Waals surface area (Å²) in [5.41, 5.74) is 2.36. The Hall–Kier alpha value is -2.33. The van der Waals surface area contributed by atoms with E-state index >= 15 is 0 Å². The topological polar surface area (TPSA) is 55.4 Å². The molecule has 0 unspecified atom stereocenters. The van der Waals surface area contributed by atoms with Crippen molar-refractivity contribution in [3.05, 3.63) is 64.2 Å². The van der Waals surface area contributed by atoms with Crippen LogP contribution in [0.3, 0.4) is 0 Å². The van der Waals surface area contributed by atoms with Gasteiger partial charge >= 0.3 is 5.97 Å². The van der Waals surface area contributed by atoms with Crippen LogP contribution in [0.2, 0.25) is 5.02 Å². The molecule has 0 radical (unpaired) electrons. The first kappa shape index (κ1) is 16.0. The highest BCUT2D eigenvalue weighted by atomic mass is 35.5. The lowest BCUT2D eigenvalue weighted by Gasteiger charge is -2.09. The fraction of sp³-hybridized carbons (Fsp3) is 0.176. The van der Waals surface area contributed by atoms with E-state index in [-0.39, 0.29) is 23.1 Å². The number of nitrogens with one attached hydrogen (secondary N) is 1. The van der Waals surface area contributed by atoms with E-state index in [9.17, 15) is 9.59 Å². The van der Waals surface area contributed by atoms with Crippen molar-refractivity contribution in [3.8, 4) is 0 Å². The Morgan fingerprint density at radius 3 is 2.59 bits per heavy atom. The number of rotatable bonds is 4. The summed E-state index contributed by atoms with van der Waals surface area (Å²) in [6.07, 6.45) is 0. The molecule has 0 heterocycles. The van der Waals surface area contributed by atoms with E-state index in [1.165, 1.54) is 12.1 Å². The van der Waals surface area contributed by atoms with Gasteiger partial charge in [0.1, 0.15) is 0 Å². The van der Waals surface area contributed by atoms with Gasteiger partial charge in [-0.25, -0.2) is 4.79 Å². The highest BCUT2D eigenvalue weighted by molar-refractivity contribution is 6.34. The van der Waals surface area contributed by atoms with Crippen molar-refractivity contribution >= 4 is 29.2 Å². The zero-order valence-electron chi connectivity index (χ0n) is 12.4. The van der Waals surface area contributed by atoms with Crippen molar-refractivity contribution in [1.82, 2.24) is 0 Å². The molecular formula is C17H16ClNO3. The van der Waals surface area contributed by atoms with Gasteiger partial charge in [0.25, 0.3) is 5.91 Å². The summed E-state index contributed by atoms with van der Waals surface area (Å²) >= 11 is 6.06. The Morgan fingerprint density at radius 2 is 1.95 bits per heavy atom. The Bertz CT molecular complexity index is 713. The van der Waals surface area contributed by atoms with Gasteiger partial charge in [0.2, 0.25) is 0 Å². The summed E-state index contributed by atoms with van der Waals surface area (Å²) in [6.45, 7) is 3.92. The van der Waals surface area contributed by atoms with Crippen molar-refractivity contribution in [2.45, 2.75) is 13.8 Å². The maximum atomic E-state index is 12.2. The highest BCUT2D eigenvalue weighted by Gasteiger charge is 2.13. The number of hydrogen-bond donors (Lipinski definition) is 1. The van der Waals surface area contributed by atoms with Crippen LogP contribution >= 0.6 is 11.6 Å². The third-order valence-electron chi connectivity index (χ3n) is 3.00. The molecule has 0 aliphatic rings. The van der Waals surface area contributed by atoms with Crippen molar-refractivity contribution in [1.29, 1.82) is 0 Å². The number of anilines is 1. The molecule has 2 aromatic rings. The summed E-state index contributed by atoms with van der Waals surface area (Å²) in [5, 5.41) is 2.99. The van der Waals surface area contributed by atoms with Crippen LogP contribution in [0, 0.1) is 6.92 Å². The summed E-state index contributed by atoms with van der Waals surface area (Å²) in [7, 11) is 0. The average molecular weight is 318 g/mol. The molecule has 4 nitrogen and oxygen atoms in total. The van der Waals surface area contributed by atoms with Gasteiger partial charge in [-0.1, -0.05) is 29.3 Å². The normalized spacial score (nSPS) is 10.1. The molecule has 1 N–H and O–H groups in total. The first-order chi connectivity index (χ1) is 10.5. The van der Waals surface area contributed by atoms with Gasteiger partial charge < -0.3 is 10.1 Å². The van der Waals surface area contributed by atoms with Crippen molar-refractivity contribution in [2.24, 2.45) is 0 Å². The Morgan fingerprint density at radius 1 is 1.18 bits per heavy atom. The monoisotopic (exact) mass is 317 g/mol. The second-order valence-electron chi connectivity index (χ2n) is 4.74. The minimum Gasteiger partial charge on any atom is -0.462 e. The second kappa shape index (κ2) is 7.09. The zero-order valence-corrected chi connectivity index (χ0v) is 13.1. The third-order valence-corrected chi connectivity index (χ3v) is 3.32. The number of aryl methyl sites for hydroxylation is 1. The fourth-order valence-electron chi connectivity index (χ4n) is 1.96. The quantitative estimate of drug-likeness (QED) is 0.864. The van der Waals surface area contributed by atoms with Gasteiger partial charge in [0.05, 0.1) is 17.2 Å². The van der Waals surface area contributed by atoms with Crippen LogP contribution in [-0.2, 0) is 4.74 Å². The minimum atomic E-state index is -0.482. The smallest absolute Gasteiger partial charge is 0.339 e. The lowest BCUT2D eigenvalue weighted by Crippen LogP contribution is -2.12. The average Bonchev–Trinajstić information content (AvgIpc) is 2.47.